The van der Waals surface area contributed by atoms with Crippen LogP contribution in [0.2, 0.25) is 0 Å². The van der Waals surface area contributed by atoms with Crippen LogP contribution in [0.3, 0.4) is 0 Å². The van der Waals surface area contributed by atoms with E-state index in [-0.39, 0.29) is 25.9 Å². The SMILES string of the molecule is CCCCC/C=C\C/C=C\CCCCCCCC(=O)OC(COC(=O)CCCCCCC/C=C\CCCCCCCC)COP(=O)(O)OCC(CO)OC(=O)CCCCCCC/C=C\CCCCCC. The molecular formula is C58H105O11P. The summed E-state index contributed by atoms with van der Waals surface area (Å²) in [6.07, 6.45) is 54.9. The van der Waals surface area contributed by atoms with Crippen molar-refractivity contribution in [1.82, 2.24) is 0 Å². The molecule has 0 heterocycles. The van der Waals surface area contributed by atoms with Crippen LogP contribution >= 0.6 is 7.82 Å². The molecule has 0 bridgehead atoms. The van der Waals surface area contributed by atoms with Crippen LogP contribution in [0.1, 0.15) is 265 Å². The molecule has 0 saturated carbocycles. The maximum absolute atomic E-state index is 12.9. The second-order valence-corrected chi connectivity index (χ2v) is 20.5. The highest BCUT2D eigenvalue weighted by Gasteiger charge is 2.28. The fourth-order valence-corrected chi connectivity index (χ4v) is 8.57. The molecule has 0 saturated heterocycles. The molecule has 0 aromatic carbocycles. The minimum atomic E-state index is -4.75. The molecule has 11 nitrogen and oxygen atoms in total. The van der Waals surface area contributed by atoms with Gasteiger partial charge in [0.15, 0.2) is 6.10 Å². The van der Waals surface area contributed by atoms with Gasteiger partial charge >= 0.3 is 25.7 Å². The molecule has 12 heteroatoms. The number of ether oxygens (including phenoxy) is 3. The summed E-state index contributed by atoms with van der Waals surface area (Å²) in [5.74, 6) is -1.49. The van der Waals surface area contributed by atoms with E-state index >= 15 is 0 Å². The van der Waals surface area contributed by atoms with Crippen LogP contribution in [0.15, 0.2) is 48.6 Å². The molecule has 0 aliphatic heterocycles. The Morgan fingerprint density at radius 3 is 1.11 bits per heavy atom. The molecule has 0 aliphatic rings. The molecule has 0 radical (unpaired) electrons. The van der Waals surface area contributed by atoms with Crippen molar-refractivity contribution in [1.29, 1.82) is 0 Å². The number of hydrogen-bond acceptors (Lipinski definition) is 10. The van der Waals surface area contributed by atoms with Crippen LogP contribution in [-0.4, -0.2) is 66.5 Å². The number of hydrogen-bond donors (Lipinski definition) is 2. The van der Waals surface area contributed by atoms with Gasteiger partial charge in [0.25, 0.3) is 0 Å². The van der Waals surface area contributed by atoms with Crippen LogP contribution in [0, 0.1) is 0 Å². The van der Waals surface area contributed by atoms with E-state index in [1.807, 2.05) is 0 Å². The van der Waals surface area contributed by atoms with Gasteiger partial charge in [0, 0.05) is 19.3 Å². The highest BCUT2D eigenvalue weighted by molar-refractivity contribution is 7.47. The summed E-state index contributed by atoms with van der Waals surface area (Å²) in [7, 11) is -4.75. The fraction of sp³-hybridized carbons (Fsp3) is 0.810. The lowest BCUT2D eigenvalue weighted by molar-refractivity contribution is -0.161. The first-order valence-corrected chi connectivity index (χ1v) is 30.0. The summed E-state index contributed by atoms with van der Waals surface area (Å²) in [5, 5.41) is 9.80. The highest BCUT2D eigenvalue weighted by atomic mass is 31.2. The summed E-state index contributed by atoms with van der Waals surface area (Å²) in [4.78, 5) is 48.5. The third-order valence-electron chi connectivity index (χ3n) is 12.2. The molecule has 0 aliphatic carbocycles. The van der Waals surface area contributed by atoms with Crippen LogP contribution in [-0.2, 0) is 42.2 Å². The van der Waals surface area contributed by atoms with Crippen molar-refractivity contribution in [3.63, 3.8) is 0 Å². The Balaban J connectivity index is 4.76. The molecule has 3 unspecified atom stereocenters. The van der Waals surface area contributed by atoms with Gasteiger partial charge in [-0.3, -0.25) is 23.4 Å². The molecule has 0 amide bonds. The second kappa shape index (κ2) is 52.8. The van der Waals surface area contributed by atoms with Crippen LogP contribution in [0.5, 0.6) is 0 Å². The Hall–Kier alpha value is -2.56. The summed E-state index contributed by atoms with van der Waals surface area (Å²) in [6.45, 7) is 4.58. The number of carbonyl (C=O) groups excluding carboxylic acids is 3. The molecule has 3 atom stereocenters. The van der Waals surface area contributed by atoms with E-state index < -0.39 is 57.8 Å². The van der Waals surface area contributed by atoms with E-state index in [9.17, 15) is 28.9 Å². The average molecular weight is 1010 g/mol. The number of phosphoric ester groups is 1. The van der Waals surface area contributed by atoms with Gasteiger partial charge in [-0.1, -0.05) is 191 Å². The van der Waals surface area contributed by atoms with Crippen molar-refractivity contribution in [3.8, 4) is 0 Å². The summed E-state index contributed by atoms with van der Waals surface area (Å²) in [6, 6.07) is 0. The van der Waals surface area contributed by atoms with E-state index in [2.05, 4.69) is 69.4 Å². The Kier molecular flexibility index (Phi) is 50.8. The van der Waals surface area contributed by atoms with Gasteiger partial charge in [0.1, 0.15) is 12.7 Å². The quantitative estimate of drug-likeness (QED) is 0.0197. The summed E-state index contributed by atoms with van der Waals surface area (Å²) >= 11 is 0. The fourth-order valence-electron chi connectivity index (χ4n) is 7.79. The predicted molar refractivity (Wildman–Crippen MR) is 289 cm³/mol. The number of phosphoric acid groups is 1. The largest absolute Gasteiger partial charge is 0.472 e. The smallest absolute Gasteiger partial charge is 0.462 e. The Morgan fingerprint density at radius 1 is 0.400 bits per heavy atom. The zero-order valence-electron chi connectivity index (χ0n) is 45.0. The molecule has 0 fully saturated rings. The molecule has 0 aromatic rings. The third kappa shape index (κ3) is 50.4. The van der Waals surface area contributed by atoms with Gasteiger partial charge in [-0.25, -0.2) is 4.57 Å². The molecule has 0 rings (SSSR count). The topological polar surface area (TPSA) is 155 Å². The highest BCUT2D eigenvalue weighted by Crippen LogP contribution is 2.43. The normalized spacial score (nSPS) is 13.7. The molecule has 2 N–H and O–H groups in total. The van der Waals surface area contributed by atoms with Gasteiger partial charge in [-0.05, 0) is 103 Å². The molecule has 0 spiro atoms. The summed E-state index contributed by atoms with van der Waals surface area (Å²) < 4.78 is 39.5. The number of aliphatic hydroxyl groups is 1. The third-order valence-corrected chi connectivity index (χ3v) is 13.1. The zero-order chi connectivity index (χ0) is 51.3. The molecule has 408 valence electrons. The van der Waals surface area contributed by atoms with Crippen molar-refractivity contribution < 1.29 is 52.2 Å². The van der Waals surface area contributed by atoms with Gasteiger partial charge in [0.05, 0.1) is 19.8 Å². The lowest BCUT2D eigenvalue weighted by atomic mass is 10.1. The lowest BCUT2D eigenvalue weighted by Crippen LogP contribution is -2.30. The summed E-state index contributed by atoms with van der Waals surface area (Å²) in [5.41, 5.74) is 0. The monoisotopic (exact) mass is 1010 g/mol. The number of rotatable bonds is 53. The number of aliphatic hydroxyl groups excluding tert-OH is 1. The van der Waals surface area contributed by atoms with Gasteiger partial charge < -0.3 is 24.2 Å². The Labute approximate surface area is 428 Å². The van der Waals surface area contributed by atoms with Gasteiger partial charge in [0.2, 0.25) is 0 Å². The van der Waals surface area contributed by atoms with Crippen molar-refractivity contribution in [2.45, 2.75) is 277 Å². The Bertz CT molecular complexity index is 1360. The van der Waals surface area contributed by atoms with Gasteiger partial charge in [-0.2, -0.15) is 0 Å². The molecule has 70 heavy (non-hydrogen) atoms. The first kappa shape index (κ1) is 67.4. The minimum Gasteiger partial charge on any atom is -0.462 e. The number of unbranched alkanes of at least 4 members (excludes halogenated alkanes) is 28. The molecule has 0 aromatic heterocycles. The maximum atomic E-state index is 12.9. The van der Waals surface area contributed by atoms with E-state index in [4.69, 9.17) is 23.3 Å². The minimum absolute atomic E-state index is 0.150. The zero-order valence-corrected chi connectivity index (χ0v) is 45.9. The van der Waals surface area contributed by atoms with Crippen molar-refractivity contribution in [3.05, 3.63) is 48.6 Å². The van der Waals surface area contributed by atoms with E-state index in [0.717, 1.165) is 122 Å². The Morgan fingerprint density at radius 2 is 0.700 bits per heavy atom. The van der Waals surface area contributed by atoms with Crippen LogP contribution in [0.4, 0.5) is 0 Å². The van der Waals surface area contributed by atoms with Crippen molar-refractivity contribution in [2.24, 2.45) is 0 Å². The van der Waals surface area contributed by atoms with Crippen LogP contribution < -0.4 is 0 Å². The second-order valence-electron chi connectivity index (χ2n) is 19.1. The average Bonchev–Trinajstić information content (AvgIpc) is 3.35. The predicted octanol–water partition coefficient (Wildman–Crippen LogP) is 16.6. The van der Waals surface area contributed by atoms with Gasteiger partial charge in [-0.15, -0.1) is 0 Å². The lowest BCUT2D eigenvalue weighted by Gasteiger charge is -2.21. The van der Waals surface area contributed by atoms with Crippen molar-refractivity contribution >= 4 is 25.7 Å². The first-order chi connectivity index (χ1) is 34.2. The van der Waals surface area contributed by atoms with E-state index in [1.165, 1.54) is 83.5 Å². The van der Waals surface area contributed by atoms with Crippen molar-refractivity contribution in [2.75, 3.05) is 26.4 Å². The van der Waals surface area contributed by atoms with E-state index in [1.54, 1.807) is 0 Å². The van der Waals surface area contributed by atoms with E-state index in [0.29, 0.717) is 19.3 Å². The van der Waals surface area contributed by atoms with Crippen LogP contribution in [0.25, 0.3) is 0 Å². The number of allylic oxidation sites excluding steroid dienone is 8. The number of carbonyl (C=O) groups is 3. The maximum Gasteiger partial charge on any atom is 0.472 e. The number of esters is 3. The molecular weight excluding hydrogens is 904 g/mol. The first-order valence-electron chi connectivity index (χ1n) is 28.5. The standard InChI is InChI=1S/C58H105O11P/c1-4-7-10-13-16-19-22-25-27-30-32-35-38-41-44-47-56(60)65-51-55(69-58(62)49-46-43-40-37-34-31-28-26-23-20-17-14-11-8-5-2)53-67-70(63,64)66-52-54(50-59)68-57(61)48-45-42-39-36-33-29-24-21-18-15-12-9-6-3/h17,20-21,24-28,54-55,59H,4-16,18-19,22-23,29-53H2,1-3H3,(H,63,64)/b20-17-,24-21-,27-25-,28-26-.